The largest absolute Gasteiger partial charge is 0.389 e. The lowest BCUT2D eigenvalue weighted by molar-refractivity contribution is 0.0813. The van der Waals surface area contributed by atoms with Gasteiger partial charge in [-0.05, 0) is 31.6 Å². The molecule has 1 heterocycles. The third kappa shape index (κ3) is 1.72. The standard InChI is InChI=1S/C14H24O2/c1-9-8-12-14(5,16-12)11(13(9,3)4)7-6-10(2)15/h6-7,9-12,15H,8H2,1-5H3/t9-,10-,11-,12-,14+/m0/s1. The molecule has 2 rings (SSSR count). The molecule has 1 N–H and O–H groups in total. The van der Waals surface area contributed by atoms with E-state index in [0.717, 1.165) is 0 Å². The molecule has 0 spiro atoms. The molecule has 1 saturated heterocycles. The zero-order chi connectivity index (χ0) is 12.1. The number of hydrogen-bond acceptors (Lipinski definition) is 2. The first kappa shape index (κ1) is 12.1. The average molecular weight is 224 g/mol. The van der Waals surface area contributed by atoms with Gasteiger partial charge in [0.05, 0.1) is 17.8 Å². The molecule has 2 nitrogen and oxygen atoms in total. The van der Waals surface area contributed by atoms with E-state index in [-0.39, 0.29) is 17.1 Å². The molecule has 5 atom stereocenters. The fraction of sp³-hybridized carbons (Fsp3) is 0.857. The first-order valence-corrected chi connectivity index (χ1v) is 6.32. The van der Waals surface area contributed by atoms with Gasteiger partial charge in [-0.2, -0.15) is 0 Å². The van der Waals surface area contributed by atoms with E-state index in [1.807, 2.05) is 6.08 Å². The van der Waals surface area contributed by atoms with Gasteiger partial charge in [0.1, 0.15) is 0 Å². The van der Waals surface area contributed by atoms with E-state index in [1.54, 1.807) is 6.92 Å². The van der Waals surface area contributed by atoms with Crippen molar-refractivity contribution in [2.75, 3.05) is 0 Å². The first-order valence-electron chi connectivity index (χ1n) is 6.32. The molecule has 1 aliphatic heterocycles. The van der Waals surface area contributed by atoms with Crippen molar-refractivity contribution >= 4 is 0 Å². The second-order valence-corrected chi connectivity index (χ2v) is 6.35. The molecular weight excluding hydrogens is 200 g/mol. The van der Waals surface area contributed by atoms with E-state index < -0.39 is 0 Å². The fourth-order valence-corrected chi connectivity index (χ4v) is 3.21. The molecular formula is C14H24O2. The van der Waals surface area contributed by atoms with E-state index in [4.69, 9.17) is 4.74 Å². The Hall–Kier alpha value is -0.340. The highest BCUT2D eigenvalue weighted by Crippen LogP contribution is 2.60. The van der Waals surface area contributed by atoms with Crippen molar-refractivity contribution in [3.63, 3.8) is 0 Å². The lowest BCUT2D eigenvalue weighted by Crippen LogP contribution is -2.44. The predicted molar refractivity (Wildman–Crippen MR) is 65.2 cm³/mol. The average Bonchev–Trinajstić information content (AvgIpc) is 2.75. The minimum absolute atomic E-state index is 0.0153. The van der Waals surface area contributed by atoms with Gasteiger partial charge < -0.3 is 9.84 Å². The van der Waals surface area contributed by atoms with Gasteiger partial charge in [-0.1, -0.05) is 32.9 Å². The molecule has 2 fully saturated rings. The quantitative estimate of drug-likeness (QED) is 0.578. The third-order valence-corrected chi connectivity index (χ3v) is 4.82. The van der Waals surface area contributed by atoms with Crippen LogP contribution in [0.15, 0.2) is 12.2 Å². The van der Waals surface area contributed by atoms with E-state index in [9.17, 15) is 5.11 Å². The van der Waals surface area contributed by atoms with Crippen molar-refractivity contribution < 1.29 is 9.84 Å². The van der Waals surface area contributed by atoms with Crippen LogP contribution >= 0.6 is 0 Å². The van der Waals surface area contributed by atoms with Crippen LogP contribution in [-0.2, 0) is 4.74 Å². The number of aliphatic hydroxyl groups excluding tert-OH is 1. The number of epoxide rings is 1. The Bertz CT molecular complexity index is 306. The van der Waals surface area contributed by atoms with Crippen LogP contribution in [0.3, 0.4) is 0 Å². The number of aliphatic hydroxyl groups is 1. The van der Waals surface area contributed by atoms with E-state index in [1.165, 1.54) is 6.42 Å². The van der Waals surface area contributed by atoms with Gasteiger partial charge in [-0.25, -0.2) is 0 Å². The van der Waals surface area contributed by atoms with Crippen LogP contribution in [0, 0.1) is 17.3 Å². The Labute approximate surface area is 98.7 Å². The summed E-state index contributed by atoms with van der Waals surface area (Å²) < 4.78 is 5.88. The number of fused-ring (bicyclic) bond motifs is 1. The third-order valence-electron chi connectivity index (χ3n) is 4.82. The number of rotatable bonds is 2. The molecule has 0 aromatic rings. The molecule has 0 bridgehead atoms. The van der Waals surface area contributed by atoms with Crippen LogP contribution in [0.5, 0.6) is 0 Å². The summed E-state index contributed by atoms with van der Waals surface area (Å²) in [6, 6.07) is 0. The summed E-state index contributed by atoms with van der Waals surface area (Å²) in [5.41, 5.74) is 0.258. The highest BCUT2D eigenvalue weighted by atomic mass is 16.6. The zero-order valence-corrected chi connectivity index (χ0v) is 11.0. The number of hydrogen-bond donors (Lipinski definition) is 1. The molecule has 2 heteroatoms. The molecule has 2 aliphatic rings. The van der Waals surface area contributed by atoms with Crippen molar-refractivity contribution in [3.05, 3.63) is 12.2 Å². The first-order chi connectivity index (χ1) is 7.28. The van der Waals surface area contributed by atoms with Gasteiger partial charge in [0.15, 0.2) is 0 Å². The monoisotopic (exact) mass is 224 g/mol. The minimum Gasteiger partial charge on any atom is -0.389 e. The summed E-state index contributed by atoms with van der Waals surface area (Å²) in [4.78, 5) is 0. The zero-order valence-electron chi connectivity index (χ0n) is 11.0. The van der Waals surface area contributed by atoms with Gasteiger partial charge in [0.2, 0.25) is 0 Å². The van der Waals surface area contributed by atoms with Crippen LogP contribution in [0.1, 0.15) is 41.0 Å². The second-order valence-electron chi connectivity index (χ2n) is 6.35. The summed E-state index contributed by atoms with van der Waals surface area (Å²) in [7, 11) is 0. The van der Waals surface area contributed by atoms with Crippen molar-refractivity contribution in [2.45, 2.75) is 58.8 Å². The van der Waals surface area contributed by atoms with Gasteiger partial charge >= 0.3 is 0 Å². The van der Waals surface area contributed by atoms with E-state index >= 15 is 0 Å². The molecule has 16 heavy (non-hydrogen) atoms. The van der Waals surface area contributed by atoms with E-state index in [0.29, 0.717) is 17.9 Å². The molecule has 0 unspecified atom stereocenters. The van der Waals surface area contributed by atoms with Crippen molar-refractivity contribution in [2.24, 2.45) is 17.3 Å². The Morgan fingerprint density at radius 1 is 1.38 bits per heavy atom. The van der Waals surface area contributed by atoms with Gasteiger partial charge in [0.25, 0.3) is 0 Å². The SMILES string of the molecule is C[C@H](O)C=C[C@H]1C(C)(C)[C@@H](C)C[C@@H]2O[C@@]21C. The van der Waals surface area contributed by atoms with Gasteiger partial charge in [-0.15, -0.1) is 0 Å². The maximum absolute atomic E-state index is 9.38. The molecule has 1 aliphatic carbocycles. The predicted octanol–water partition coefficient (Wildman–Crippen LogP) is 2.76. The fourth-order valence-electron chi connectivity index (χ4n) is 3.21. The lowest BCUT2D eigenvalue weighted by atomic mass is 9.59. The highest BCUT2D eigenvalue weighted by Gasteiger charge is 2.65. The summed E-state index contributed by atoms with van der Waals surface area (Å²) in [5.74, 6) is 1.07. The molecule has 0 aromatic heterocycles. The Balaban J connectivity index is 2.24. The van der Waals surface area contributed by atoms with Crippen molar-refractivity contribution in [1.29, 1.82) is 0 Å². The normalized spacial score (nSPS) is 47.8. The van der Waals surface area contributed by atoms with Crippen molar-refractivity contribution in [3.8, 4) is 0 Å². The highest BCUT2D eigenvalue weighted by molar-refractivity contribution is 5.19. The Morgan fingerprint density at radius 2 is 2.00 bits per heavy atom. The molecule has 0 radical (unpaired) electrons. The lowest BCUT2D eigenvalue weighted by Gasteiger charge is -2.43. The smallest absolute Gasteiger partial charge is 0.0987 e. The molecule has 0 aromatic carbocycles. The molecule has 92 valence electrons. The minimum atomic E-state index is -0.367. The molecule has 0 amide bonds. The van der Waals surface area contributed by atoms with Crippen LogP contribution in [0.25, 0.3) is 0 Å². The Kier molecular flexibility index (Phi) is 2.71. The summed E-state index contributed by atoms with van der Waals surface area (Å²) in [5, 5.41) is 9.38. The maximum atomic E-state index is 9.38. The Morgan fingerprint density at radius 3 is 2.56 bits per heavy atom. The summed E-state index contributed by atoms with van der Waals surface area (Å²) in [6.45, 7) is 11.0. The van der Waals surface area contributed by atoms with Crippen molar-refractivity contribution in [1.82, 2.24) is 0 Å². The van der Waals surface area contributed by atoms with Crippen LogP contribution in [0.2, 0.25) is 0 Å². The van der Waals surface area contributed by atoms with Gasteiger partial charge in [-0.3, -0.25) is 0 Å². The topological polar surface area (TPSA) is 32.8 Å². The van der Waals surface area contributed by atoms with Crippen LogP contribution in [-0.4, -0.2) is 22.9 Å². The van der Waals surface area contributed by atoms with Crippen LogP contribution < -0.4 is 0 Å². The summed E-state index contributed by atoms with van der Waals surface area (Å²) in [6.07, 6.45) is 5.30. The van der Waals surface area contributed by atoms with E-state index in [2.05, 4.69) is 33.8 Å². The van der Waals surface area contributed by atoms with Crippen LogP contribution in [0.4, 0.5) is 0 Å². The second kappa shape index (κ2) is 3.58. The number of ether oxygens (including phenoxy) is 1. The van der Waals surface area contributed by atoms with Gasteiger partial charge in [0, 0.05) is 5.92 Å². The molecule has 1 saturated carbocycles. The summed E-state index contributed by atoms with van der Waals surface area (Å²) >= 11 is 0. The maximum Gasteiger partial charge on any atom is 0.0987 e.